The number of rotatable bonds is 4. The molecule has 1 saturated heterocycles. The van der Waals surface area contributed by atoms with Crippen LogP contribution in [0.15, 0.2) is 23.1 Å². The molecule has 0 radical (unpaired) electrons. The first-order valence-corrected chi connectivity index (χ1v) is 7.14. The predicted molar refractivity (Wildman–Crippen MR) is 78.1 cm³/mol. The molecule has 0 spiro atoms. The van der Waals surface area contributed by atoms with Crippen molar-refractivity contribution in [2.75, 3.05) is 25.4 Å². The molecule has 0 saturated carbocycles. The van der Waals surface area contributed by atoms with Gasteiger partial charge in [-0.1, -0.05) is 0 Å². The van der Waals surface area contributed by atoms with Crippen LogP contribution in [0.25, 0.3) is 0 Å². The van der Waals surface area contributed by atoms with Gasteiger partial charge in [0.25, 0.3) is 0 Å². The van der Waals surface area contributed by atoms with E-state index in [2.05, 4.69) is 0 Å². The van der Waals surface area contributed by atoms with Crippen molar-refractivity contribution >= 4 is 30.1 Å². The quantitative estimate of drug-likeness (QED) is 0.865. The number of nitrogens with zero attached hydrogens (tertiary/aromatic N) is 1. The molecule has 3 nitrogen and oxygen atoms in total. The van der Waals surface area contributed by atoms with Gasteiger partial charge in [-0.25, -0.2) is 8.78 Å². The highest BCUT2D eigenvalue weighted by Gasteiger charge is 2.24. The number of benzene rings is 1. The second-order valence-electron chi connectivity index (χ2n) is 4.59. The van der Waals surface area contributed by atoms with Crippen LogP contribution in [0.4, 0.5) is 8.78 Å². The Balaban J connectivity index is 0.00000200. The summed E-state index contributed by atoms with van der Waals surface area (Å²) in [5.41, 5.74) is 5.57. The van der Waals surface area contributed by atoms with Gasteiger partial charge in [0, 0.05) is 18.0 Å². The third kappa shape index (κ3) is 4.33. The molecule has 2 N–H and O–H groups in total. The predicted octanol–water partition coefficient (Wildman–Crippen LogP) is 2.29. The third-order valence-electron chi connectivity index (χ3n) is 3.23. The van der Waals surface area contributed by atoms with E-state index in [9.17, 15) is 13.6 Å². The Kier molecular flexibility index (Phi) is 6.71. The Morgan fingerprint density at radius 1 is 1.40 bits per heavy atom. The Hall–Kier alpha value is -0.850. The van der Waals surface area contributed by atoms with E-state index in [0.29, 0.717) is 23.9 Å². The van der Waals surface area contributed by atoms with Gasteiger partial charge < -0.3 is 10.6 Å². The average molecular weight is 323 g/mol. The van der Waals surface area contributed by atoms with Crippen LogP contribution in [0.2, 0.25) is 0 Å². The highest BCUT2D eigenvalue weighted by Crippen LogP contribution is 2.22. The lowest BCUT2D eigenvalue weighted by Gasteiger charge is -2.15. The van der Waals surface area contributed by atoms with Gasteiger partial charge >= 0.3 is 0 Å². The normalized spacial score (nSPS) is 17.9. The smallest absolute Gasteiger partial charge is 0.232 e. The fourth-order valence-electron chi connectivity index (χ4n) is 2.05. The number of amides is 1. The molecule has 2 rings (SSSR count). The first-order chi connectivity index (χ1) is 9.10. The molecule has 1 aromatic carbocycles. The fourth-order valence-corrected chi connectivity index (χ4v) is 2.88. The maximum absolute atomic E-state index is 13.0. The zero-order chi connectivity index (χ0) is 13.8. The third-order valence-corrected chi connectivity index (χ3v) is 4.20. The number of halogens is 3. The van der Waals surface area contributed by atoms with Crippen molar-refractivity contribution in [3.05, 3.63) is 29.8 Å². The molecular weight excluding hydrogens is 306 g/mol. The van der Waals surface area contributed by atoms with Gasteiger partial charge in [-0.2, -0.15) is 0 Å². The highest BCUT2D eigenvalue weighted by atomic mass is 35.5. The molecule has 0 aromatic heterocycles. The summed E-state index contributed by atoms with van der Waals surface area (Å²) in [7, 11) is 0. The Bertz CT molecular complexity index is 476. The van der Waals surface area contributed by atoms with Gasteiger partial charge in [0.1, 0.15) is 0 Å². The van der Waals surface area contributed by atoms with E-state index in [1.807, 2.05) is 0 Å². The van der Waals surface area contributed by atoms with Crippen LogP contribution in [0.3, 0.4) is 0 Å². The lowest BCUT2D eigenvalue weighted by Crippen LogP contribution is -2.31. The summed E-state index contributed by atoms with van der Waals surface area (Å²) in [6.07, 6.45) is 0.943. The number of hydrogen-bond acceptors (Lipinski definition) is 3. The number of hydrogen-bond donors (Lipinski definition) is 1. The monoisotopic (exact) mass is 322 g/mol. The van der Waals surface area contributed by atoms with Crippen molar-refractivity contribution in [3.8, 4) is 0 Å². The summed E-state index contributed by atoms with van der Waals surface area (Å²) in [4.78, 5) is 14.3. The van der Waals surface area contributed by atoms with E-state index in [1.165, 1.54) is 17.8 Å². The zero-order valence-electron chi connectivity index (χ0n) is 10.9. The minimum absolute atomic E-state index is 0. The van der Waals surface area contributed by atoms with Crippen LogP contribution < -0.4 is 5.73 Å². The molecule has 1 aromatic rings. The second kappa shape index (κ2) is 7.81. The molecule has 1 aliphatic rings. The van der Waals surface area contributed by atoms with Crippen molar-refractivity contribution in [2.45, 2.75) is 11.3 Å². The Morgan fingerprint density at radius 2 is 2.15 bits per heavy atom. The molecule has 1 heterocycles. The molecule has 112 valence electrons. The van der Waals surface area contributed by atoms with Crippen LogP contribution in [0.1, 0.15) is 6.42 Å². The highest BCUT2D eigenvalue weighted by molar-refractivity contribution is 8.00. The Labute approximate surface area is 127 Å². The number of likely N-dealkylation sites (tertiary alicyclic amines) is 1. The van der Waals surface area contributed by atoms with Crippen LogP contribution in [-0.4, -0.2) is 36.2 Å². The maximum atomic E-state index is 13.0. The summed E-state index contributed by atoms with van der Waals surface area (Å²) >= 11 is 1.22. The maximum Gasteiger partial charge on any atom is 0.232 e. The van der Waals surface area contributed by atoms with E-state index in [0.717, 1.165) is 25.1 Å². The molecule has 20 heavy (non-hydrogen) atoms. The van der Waals surface area contributed by atoms with Gasteiger partial charge in [-0.15, -0.1) is 24.2 Å². The van der Waals surface area contributed by atoms with Gasteiger partial charge in [-0.05, 0) is 37.1 Å². The SMILES string of the molecule is Cl.NCC1CCN(C(=O)CSc2ccc(F)c(F)c2)C1. The first-order valence-electron chi connectivity index (χ1n) is 6.16. The van der Waals surface area contributed by atoms with E-state index in [1.54, 1.807) is 4.90 Å². The van der Waals surface area contributed by atoms with Crippen LogP contribution in [-0.2, 0) is 4.79 Å². The average Bonchev–Trinajstić information content (AvgIpc) is 2.88. The first kappa shape index (κ1) is 17.2. The van der Waals surface area contributed by atoms with Crippen molar-refractivity contribution in [1.29, 1.82) is 0 Å². The van der Waals surface area contributed by atoms with Crippen LogP contribution >= 0.6 is 24.2 Å². The number of carbonyl (C=O) groups excluding carboxylic acids is 1. The standard InChI is InChI=1S/C13H16F2N2OS.ClH/c14-11-2-1-10(5-12(11)15)19-8-13(18)17-4-3-9(6-16)7-17;/h1-2,5,9H,3-4,6-8,16H2;1H. The van der Waals surface area contributed by atoms with Crippen molar-refractivity contribution in [3.63, 3.8) is 0 Å². The van der Waals surface area contributed by atoms with E-state index >= 15 is 0 Å². The summed E-state index contributed by atoms with van der Waals surface area (Å²) in [5, 5.41) is 0. The van der Waals surface area contributed by atoms with Crippen LogP contribution in [0.5, 0.6) is 0 Å². The van der Waals surface area contributed by atoms with Gasteiger partial charge in [0.15, 0.2) is 11.6 Å². The molecule has 1 unspecified atom stereocenters. The molecule has 1 amide bonds. The molecule has 7 heteroatoms. The number of carbonyl (C=O) groups is 1. The fraction of sp³-hybridized carbons (Fsp3) is 0.462. The second-order valence-corrected chi connectivity index (χ2v) is 5.64. The van der Waals surface area contributed by atoms with Crippen molar-refractivity contribution in [1.82, 2.24) is 4.90 Å². The lowest BCUT2D eigenvalue weighted by atomic mass is 10.1. The minimum atomic E-state index is -0.887. The van der Waals surface area contributed by atoms with E-state index < -0.39 is 11.6 Å². The lowest BCUT2D eigenvalue weighted by molar-refractivity contribution is -0.127. The van der Waals surface area contributed by atoms with Crippen molar-refractivity contribution in [2.24, 2.45) is 11.7 Å². The molecule has 0 bridgehead atoms. The molecule has 1 aliphatic heterocycles. The van der Waals surface area contributed by atoms with Gasteiger partial charge in [0.2, 0.25) is 5.91 Å². The summed E-state index contributed by atoms with van der Waals surface area (Å²) in [6, 6.07) is 3.66. The molecule has 0 aliphatic carbocycles. The molecule has 1 fully saturated rings. The zero-order valence-corrected chi connectivity index (χ0v) is 12.5. The molecular formula is C13H17ClF2N2OS. The van der Waals surface area contributed by atoms with Crippen molar-refractivity contribution < 1.29 is 13.6 Å². The van der Waals surface area contributed by atoms with E-state index in [-0.39, 0.29) is 24.1 Å². The number of nitrogens with two attached hydrogens (primary N) is 1. The largest absolute Gasteiger partial charge is 0.342 e. The topological polar surface area (TPSA) is 46.3 Å². The summed E-state index contributed by atoms with van der Waals surface area (Å²) in [6.45, 7) is 2.03. The molecule has 1 atom stereocenters. The Morgan fingerprint density at radius 3 is 2.75 bits per heavy atom. The van der Waals surface area contributed by atoms with Crippen LogP contribution in [0, 0.1) is 17.6 Å². The van der Waals surface area contributed by atoms with Gasteiger partial charge in [-0.3, -0.25) is 4.79 Å². The number of thioether (sulfide) groups is 1. The van der Waals surface area contributed by atoms with Gasteiger partial charge in [0.05, 0.1) is 5.75 Å². The minimum Gasteiger partial charge on any atom is -0.342 e. The summed E-state index contributed by atoms with van der Waals surface area (Å²) in [5.74, 6) is -1.12. The summed E-state index contributed by atoms with van der Waals surface area (Å²) < 4.78 is 25.8. The van der Waals surface area contributed by atoms with E-state index in [4.69, 9.17) is 5.73 Å².